The Morgan fingerprint density at radius 1 is 1.32 bits per heavy atom. The van der Waals surface area contributed by atoms with E-state index in [1.807, 2.05) is 17.0 Å². The molecule has 8 heteroatoms. The number of nitrogens with zero attached hydrogens (tertiary/aromatic N) is 4. The molecule has 0 aromatic carbocycles. The number of ether oxygens (including phenoxy) is 1. The smallest absolute Gasteiger partial charge is 0.218 e. The van der Waals surface area contributed by atoms with Crippen LogP contribution in [0.15, 0.2) is 41.7 Å². The summed E-state index contributed by atoms with van der Waals surface area (Å²) in [4.78, 5) is 14.7. The summed E-state index contributed by atoms with van der Waals surface area (Å²) in [6.45, 7) is 4.68. The van der Waals surface area contributed by atoms with Gasteiger partial charge in [0.1, 0.15) is 0 Å². The number of pyridine rings is 2. The van der Waals surface area contributed by atoms with Crippen LogP contribution >= 0.6 is 0 Å². The summed E-state index contributed by atoms with van der Waals surface area (Å²) in [7, 11) is 1.73. The maximum Gasteiger partial charge on any atom is 0.218 e. The number of hydrogen-bond acceptors (Lipinski definition) is 5. The van der Waals surface area contributed by atoms with Crippen molar-refractivity contribution in [3.8, 4) is 5.88 Å². The molecule has 0 spiro atoms. The highest BCUT2D eigenvalue weighted by Gasteiger charge is 2.26. The first-order valence-corrected chi connectivity index (χ1v) is 9.60. The summed E-state index contributed by atoms with van der Waals surface area (Å²) >= 11 is 0. The van der Waals surface area contributed by atoms with Gasteiger partial charge in [-0.15, -0.1) is 0 Å². The summed E-state index contributed by atoms with van der Waals surface area (Å²) in [5, 5.41) is 6.71. The van der Waals surface area contributed by atoms with Crippen LogP contribution in [0, 0.1) is 5.82 Å². The SMILES string of the molecule is CCCOc1ncccc1CNC(=NC)NC1CCN(c2ncccc2F)C1. The van der Waals surface area contributed by atoms with Crippen molar-refractivity contribution in [2.45, 2.75) is 32.4 Å². The Morgan fingerprint density at radius 3 is 2.93 bits per heavy atom. The van der Waals surface area contributed by atoms with E-state index in [-0.39, 0.29) is 11.9 Å². The maximum atomic E-state index is 14.0. The van der Waals surface area contributed by atoms with Gasteiger partial charge in [0.05, 0.1) is 6.61 Å². The molecule has 7 nitrogen and oxygen atoms in total. The van der Waals surface area contributed by atoms with Crippen LogP contribution < -0.4 is 20.3 Å². The van der Waals surface area contributed by atoms with Gasteiger partial charge in [0, 0.05) is 50.7 Å². The zero-order chi connectivity index (χ0) is 19.8. The molecule has 3 rings (SSSR count). The van der Waals surface area contributed by atoms with E-state index >= 15 is 0 Å². The van der Waals surface area contributed by atoms with E-state index in [1.165, 1.54) is 6.07 Å². The molecule has 0 amide bonds. The van der Waals surface area contributed by atoms with Crippen LogP contribution in [0.3, 0.4) is 0 Å². The highest BCUT2D eigenvalue weighted by Crippen LogP contribution is 2.20. The average molecular weight is 386 g/mol. The fraction of sp³-hybridized carbons (Fsp3) is 0.450. The number of nitrogens with one attached hydrogen (secondary N) is 2. The summed E-state index contributed by atoms with van der Waals surface area (Å²) < 4.78 is 19.7. The highest BCUT2D eigenvalue weighted by molar-refractivity contribution is 5.80. The van der Waals surface area contributed by atoms with Gasteiger partial charge in [-0.05, 0) is 31.0 Å². The van der Waals surface area contributed by atoms with Gasteiger partial charge in [-0.2, -0.15) is 0 Å². The fourth-order valence-electron chi connectivity index (χ4n) is 3.13. The monoisotopic (exact) mass is 386 g/mol. The Bertz CT molecular complexity index is 800. The zero-order valence-corrected chi connectivity index (χ0v) is 16.4. The summed E-state index contributed by atoms with van der Waals surface area (Å²) in [5.74, 6) is 1.45. The molecule has 3 heterocycles. The minimum absolute atomic E-state index is 0.164. The predicted octanol–water partition coefficient (Wildman–Crippen LogP) is 2.35. The Labute approximate surface area is 165 Å². The first kappa shape index (κ1) is 19.9. The third-order valence-electron chi connectivity index (χ3n) is 4.53. The van der Waals surface area contributed by atoms with Crippen molar-refractivity contribution in [1.29, 1.82) is 0 Å². The molecule has 2 N–H and O–H groups in total. The number of anilines is 1. The Balaban J connectivity index is 1.54. The molecule has 28 heavy (non-hydrogen) atoms. The van der Waals surface area contributed by atoms with Crippen molar-refractivity contribution < 1.29 is 9.13 Å². The molecule has 2 aromatic rings. The number of aromatic nitrogens is 2. The first-order chi connectivity index (χ1) is 13.7. The van der Waals surface area contributed by atoms with Crippen molar-refractivity contribution in [3.63, 3.8) is 0 Å². The second kappa shape index (κ2) is 9.87. The predicted molar refractivity (Wildman–Crippen MR) is 108 cm³/mol. The lowest BCUT2D eigenvalue weighted by Crippen LogP contribution is -2.44. The molecule has 1 unspecified atom stereocenters. The van der Waals surface area contributed by atoms with Gasteiger partial charge < -0.3 is 20.3 Å². The third-order valence-corrected chi connectivity index (χ3v) is 4.53. The second-order valence-electron chi connectivity index (χ2n) is 6.63. The fourth-order valence-corrected chi connectivity index (χ4v) is 3.13. The number of guanidine groups is 1. The van der Waals surface area contributed by atoms with Crippen molar-refractivity contribution in [2.75, 3.05) is 31.6 Å². The molecule has 0 saturated carbocycles. The van der Waals surface area contributed by atoms with Crippen LogP contribution in [0.4, 0.5) is 10.2 Å². The minimum atomic E-state index is -0.290. The molecule has 150 valence electrons. The molecule has 2 aromatic heterocycles. The highest BCUT2D eigenvalue weighted by atomic mass is 19.1. The average Bonchev–Trinajstić information content (AvgIpc) is 3.18. The normalized spacial score (nSPS) is 16.9. The van der Waals surface area contributed by atoms with Gasteiger partial charge in [0.15, 0.2) is 17.6 Å². The Kier molecular flexibility index (Phi) is 7.00. The molecule has 0 aliphatic carbocycles. The largest absolute Gasteiger partial charge is 0.477 e. The van der Waals surface area contributed by atoms with Crippen LogP contribution in [0.2, 0.25) is 0 Å². The van der Waals surface area contributed by atoms with E-state index in [2.05, 4.69) is 32.5 Å². The molecule has 1 aliphatic rings. The van der Waals surface area contributed by atoms with Crippen molar-refractivity contribution in [2.24, 2.45) is 4.99 Å². The number of rotatable bonds is 7. The van der Waals surface area contributed by atoms with Crippen LogP contribution in [-0.2, 0) is 6.54 Å². The second-order valence-corrected chi connectivity index (χ2v) is 6.63. The van der Waals surface area contributed by atoms with Crippen LogP contribution in [0.5, 0.6) is 5.88 Å². The molecule has 1 atom stereocenters. The zero-order valence-electron chi connectivity index (χ0n) is 16.4. The Morgan fingerprint density at radius 2 is 2.14 bits per heavy atom. The van der Waals surface area contributed by atoms with Gasteiger partial charge in [-0.1, -0.05) is 13.0 Å². The van der Waals surface area contributed by atoms with Crippen LogP contribution in [0.1, 0.15) is 25.3 Å². The van der Waals surface area contributed by atoms with Crippen molar-refractivity contribution >= 4 is 11.8 Å². The molecule has 0 bridgehead atoms. The maximum absolute atomic E-state index is 14.0. The van der Waals surface area contributed by atoms with Crippen molar-refractivity contribution in [1.82, 2.24) is 20.6 Å². The van der Waals surface area contributed by atoms with Crippen LogP contribution in [-0.4, -0.2) is 48.7 Å². The van der Waals surface area contributed by atoms with E-state index in [9.17, 15) is 4.39 Å². The summed E-state index contributed by atoms with van der Waals surface area (Å²) in [6, 6.07) is 7.09. The lowest BCUT2D eigenvalue weighted by molar-refractivity contribution is 0.301. The van der Waals surface area contributed by atoms with Gasteiger partial charge in [-0.3, -0.25) is 4.99 Å². The standard InChI is InChI=1S/C20H27FN6O/c1-3-12-28-19-15(6-4-10-24-19)13-25-20(22-2)26-16-8-11-27(14-16)18-17(21)7-5-9-23-18/h4-7,9-10,16H,3,8,11-14H2,1-2H3,(H2,22,25,26). The number of hydrogen-bond donors (Lipinski definition) is 2. The third kappa shape index (κ3) is 5.09. The molecule has 1 saturated heterocycles. The molecule has 1 aliphatic heterocycles. The first-order valence-electron chi connectivity index (χ1n) is 9.60. The summed E-state index contributed by atoms with van der Waals surface area (Å²) in [5.41, 5.74) is 0.975. The molecular weight excluding hydrogens is 359 g/mol. The van der Waals surface area contributed by atoms with Crippen LogP contribution in [0.25, 0.3) is 0 Å². The lowest BCUT2D eigenvalue weighted by Gasteiger charge is -2.20. The molecule has 1 fully saturated rings. The van der Waals surface area contributed by atoms with E-state index in [0.717, 1.165) is 24.9 Å². The number of halogens is 1. The molecule has 0 radical (unpaired) electrons. The molecular formula is C20H27FN6O. The Hall–Kier alpha value is -2.90. The van der Waals surface area contributed by atoms with E-state index < -0.39 is 0 Å². The number of aliphatic imine (C=N–C) groups is 1. The minimum Gasteiger partial charge on any atom is -0.477 e. The van der Waals surface area contributed by atoms with Crippen molar-refractivity contribution in [3.05, 3.63) is 48.0 Å². The lowest BCUT2D eigenvalue weighted by atomic mass is 10.2. The summed E-state index contributed by atoms with van der Waals surface area (Å²) in [6.07, 6.45) is 5.16. The van der Waals surface area contributed by atoms with Gasteiger partial charge in [-0.25, -0.2) is 14.4 Å². The van der Waals surface area contributed by atoms with Gasteiger partial charge in [0.2, 0.25) is 5.88 Å². The van der Waals surface area contributed by atoms with E-state index in [4.69, 9.17) is 4.74 Å². The van der Waals surface area contributed by atoms with Gasteiger partial charge >= 0.3 is 0 Å². The van der Waals surface area contributed by atoms with Gasteiger partial charge in [0.25, 0.3) is 0 Å². The quantitative estimate of drug-likeness (QED) is 0.562. The van der Waals surface area contributed by atoms with E-state index in [1.54, 1.807) is 25.5 Å². The van der Waals surface area contributed by atoms with E-state index in [0.29, 0.717) is 37.4 Å². The topological polar surface area (TPSA) is 74.7 Å².